The maximum absolute atomic E-state index is 12.7. The molecule has 0 amide bonds. The molecule has 0 heterocycles. The van der Waals surface area contributed by atoms with Gasteiger partial charge in [-0.25, -0.2) is 0 Å². The van der Waals surface area contributed by atoms with Crippen molar-refractivity contribution in [3.63, 3.8) is 0 Å². The van der Waals surface area contributed by atoms with Crippen molar-refractivity contribution in [2.45, 2.75) is 40.5 Å². The Morgan fingerprint density at radius 3 is 1.18 bits per heavy atom. The lowest BCUT2D eigenvalue weighted by Crippen LogP contribution is -2.05. The van der Waals surface area contributed by atoms with Gasteiger partial charge in [0, 0.05) is 24.0 Å². The summed E-state index contributed by atoms with van der Waals surface area (Å²) in [7, 11) is 0. The van der Waals surface area contributed by atoms with Crippen LogP contribution in [0.3, 0.4) is 0 Å². The monoisotopic (exact) mass is 446 g/mol. The van der Waals surface area contributed by atoms with E-state index in [-0.39, 0.29) is 11.6 Å². The number of ketones is 2. The maximum atomic E-state index is 12.7. The summed E-state index contributed by atoms with van der Waals surface area (Å²) in [6.07, 6.45) is 0.794. The van der Waals surface area contributed by atoms with Crippen LogP contribution in [0.4, 0.5) is 0 Å². The van der Waals surface area contributed by atoms with E-state index in [2.05, 4.69) is 50.2 Å². The molecule has 0 aliphatic carbocycles. The van der Waals surface area contributed by atoms with E-state index < -0.39 is 0 Å². The molecule has 0 atom stereocenters. The predicted octanol–water partition coefficient (Wildman–Crippen LogP) is 7.44. The molecular weight excluding hydrogens is 416 g/mol. The second-order valence-corrected chi connectivity index (χ2v) is 9.21. The van der Waals surface area contributed by atoms with Gasteiger partial charge in [0.15, 0.2) is 11.6 Å². The van der Waals surface area contributed by atoms with Crippen LogP contribution in [-0.2, 0) is 12.8 Å². The lowest BCUT2D eigenvalue weighted by Gasteiger charge is -2.12. The number of Topliss-reactive ketones (excluding diaryl/α,β-unsaturated/α-hetero) is 2. The van der Waals surface area contributed by atoms with E-state index in [1.165, 1.54) is 0 Å². The molecular formula is C32H30O2. The smallest absolute Gasteiger partial charge is 0.167 e. The van der Waals surface area contributed by atoms with Gasteiger partial charge >= 0.3 is 0 Å². The lowest BCUT2D eigenvalue weighted by molar-refractivity contribution is 0.0984. The molecule has 0 fully saturated rings. The quantitative estimate of drug-likeness (QED) is 0.277. The lowest BCUT2D eigenvalue weighted by atomic mass is 9.93. The molecule has 34 heavy (non-hydrogen) atoms. The summed E-state index contributed by atoms with van der Waals surface area (Å²) in [5.41, 5.74) is 10.3. The van der Waals surface area contributed by atoms with Gasteiger partial charge in [-0.1, -0.05) is 96.1 Å². The van der Waals surface area contributed by atoms with Gasteiger partial charge in [-0.3, -0.25) is 9.59 Å². The SMILES string of the molecule is Cc1ccc(C(=O)Cc2ccc(-c3ccc(CC(=O)c4ccc(C)cc4)c(C)c3)cc2C)cc1. The number of hydrogen-bond donors (Lipinski definition) is 0. The highest BCUT2D eigenvalue weighted by atomic mass is 16.1. The van der Waals surface area contributed by atoms with Gasteiger partial charge in [-0.2, -0.15) is 0 Å². The van der Waals surface area contributed by atoms with Crippen molar-refractivity contribution in [1.82, 2.24) is 0 Å². The Morgan fingerprint density at radius 1 is 0.500 bits per heavy atom. The highest BCUT2D eigenvalue weighted by Gasteiger charge is 2.12. The van der Waals surface area contributed by atoms with E-state index in [0.717, 1.165) is 55.6 Å². The number of aryl methyl sites for hydroxylation is 4. The second kappa shape index (κ2) is 10.0. The minimum atomic E-state index is 0.134. The Labute approximate surface area is 202 Å². The molecule has 0 N–H and O–H groups in total. The first kappa shape index (κ1) is 23.4. The van der Waals surface area contributed by atoms with Crippen molar-refractivity contribution in [2.24, 2.45) is 0 Å². The van der Waals surface area contributed by atoms with Crippen LogP contribution in [0.5, 0.6) is 0 Å². The van der Waals surface area contributed by atoms with Gasteiger partial charge in [0.2, 0.25) is 0 Å². The van der Waals surface area contributed by atoms with Gasteiger partial charge < -0.3 is 0 Å². The molecule has 0 saturated carbocycles. The van der Waals surface area contributed by atoms with Crippen molar-refractivity contribution in [3.8, 4) is 11.1 Å². The van der Waals surface area contributed by atoms with Crippen molar-refractivity contribution in [1.29, 1.82) is 0 Å². The van der Waals surface area contributed by atoms with Crippen LogP contribution in [0.25, 0.3) is 11.1 Å². The van der Waals surface area contributed by atoms with Crippen LogP contribution in [0, 0.1) is 27.7 Å². The maximum Gasteiger partial charge on any atom is 0.167 e. The molecule has 4 aromatic rings. The Morgan fingerprint density at radius 2 is 0.853 bits per heavy atom. The molecule has 0 aliphatic rings. The van der Waals surface area contributed by atoms with Crippen molar-refractivity contribution >= 4 is 11.6 Å². The van der Waals surface area contributed by atoms with Crippen LogP contribution in [0.15, 0.2) is 84.9 Å². The summed E-state index contributed by atoms with van der Waals surface area (Å²) in [6, 6.07) is 28.1. The van der Waals surface area contributed by atoms with E-state index in [4.69, 9.17) is 0 Å². The van der Waals surface area contributed by atoms with Gasteiger partial charge in [0.1, 0.15) is 0 Å². The van der Waals surface area contributed by atoms with Crippen LogP contribution < -0.4 is 0 Å². The van der Waals surface area contributed by atoms with E-state index in [1.807, 2.05) is 62.4 Å². The molecule has 0 bridgehead atoms. The van der Waals surface area contributed by atoms with Gasteiger partial charge in [-0.15, -0.1) is 0 Å². The number of benzene rings is 4. The summed E-state index contributed by atoms with van der Waals surface area (Å²) in [4.78, 5) is 25.4. The van der Waals surface area contributed by atoms with Gasteiger partial charge in [0.05, 0.1) is 0 Å². The first-order valence-electron chi connectivity index (χ1n) is 11.7. The first-order chi connectivity index (χ1) is 16.3. The van der Waals surface area contributed by atoms with Crippen molar-refractivity contribution in [2.75, 3.05) is 0 Å². The molecule has 170 valence electrons. The zero-order valence-electron chi connectivity index (χ0n) is 20.3. The minimum Gasteiger partial charge on any atom is -0.294 e. The van der Waals surface area contributed by atoms with Gasteiger partial charge in [0.25, 0.3) is 0 Å². The fourth-order valence-corrected chi connectivity index (χ4v) is 4.18. The molecule has 4 aromatic carbocycles. The standard InChI is InChI=1S/C32H30O2/c1-21-5-9-25(10-6-21)31(33)19-27-13-15-29(17-23(27)3)30-16-14-28(24(4)18-30)20-32(34)26-11-7-22(2)8-12-26/h5-18H,19-20H2,1-4H3. The molecule has 0 unspecified atom stereocenters. The summed E-state index contributed by atoms with van der Waals surface area (Å²) >= 11 is 0. The van der Waals surface area contributed by atoms with E-state index >= 15 is 0 Å². The third kappa shape index (κ3) is 5.40. The third-order valence-electron chi connectivity index (χ3n) is 6.47. The first-order valence-corrected chi connectivity index (χ1v) is 11.7. The molecule has 2 heteroatoms. The molecule has 0 saturated heterocycles. The van der Waals surface area contributed by atoms with Crippen molar-refractivity contribution in [3.05, 3.63) is 129 Å². The third-order valence-corrected chi connectivity index (χ3v) is 6.47. The Kier molecular flexibility index (Phi) is 6.88. The molecule has 0 radical (unpaired) electrons. The number of hydrogen-bond acceptors (Lipinski definition) is 2. The molecule has 0 aromatic heterocycles. The normalized spacial score (nSPS) is 10.8. The average Bonchev–Trinajstić information content (AvgIpc) is 2.82. The van der Waals surface area contributed by atoms with Crippen LogP contribution in [0.2, 0.25) is 0 Å². The van der Waals surface area contributed by atoms with E-state index in [1.54, 1.807) is 0 Å². The fraction of sp³-hybridized carbons (Fsp3) is 0.188. The average molecular weight is 447 g/mol. The zero-order chi connectivity index (χ0) is 24.2. The zero-order valence-corrected chi connectivity index (χ0v) is 20.3. The van der Waals surface area contributed by atoms with E-state index in [9.17, 15) is 9.59 Å². The molecule has 2 nitrogen and oxygen atoms in total. The summed E-state index contributed by atoms with van der Waals surface area (Å²) < 4.78 is 0. The Balaban J connectivity index is 1.48. The highest BCUT2D eigenvalue weighted by Crippen LogP contribution is 2.26. The van der Waals surface area contributed by atoms with Crippen LogP contribution in [-0.4, -0.2) is 11.6 Å². The fourth-order valence-electron chi connectivity index (χ4n) is 4.18. The van der Waals surface area contributed by atoms with Crippen molar-refractivity contribution < 1.29 is 9.59 Å². The van der Waals surface area contributed by atoms with Crippen LogP contribution >= 0.6 is 0 Å². The minimum absolute atomic E-state index is 0.134. The summed E-state index contributed by atoms with van der Waals surface area (Å²) in [6.45, 7) is 8.16. The highest BCUT2D eigenvalue weighted by molar-refractivity contribution is 5.98. The summed E-state index contributed by atoms with van der Waals surface area (Å²) in [5, 5.41) is 0. The number of carbonyl (C=O) groups excluding carboxylic acids is 2. The Bertz CT molecular complexity index is 1240. The Hall–Kier alpha value is -3.78. The van der Waals surface area contributed by atoms with Crippen LogP contribution in [0.1, 0.15) is 54.1 Å². The number of carbonyl (C=O) groups is 2. The topological polar surface area (TPSA) is 34.1 Å². The molecule has 0 spiro atoms. The molecule has 0 aliphatic heterocycles. The van der Waals surface area contributed by atoms with Gasteiger partial charge in [-0.05, 0) is 61.1 Å². The molecule has 4 rings (SSSR count). The second-order valence-electron chi connectivity index (χ2n) is 9.21. The predicted molar refractivity (Wildman–Crippen MR) is 140 cm³/mol. The van der Waals surface area contributed by atoms with E-state index in [0.29, 0.717) is 12.8 Å². The largest absolute Gasteiger partial charge is 0.294 e. The number of rotatable bonds is 7. The summed E-state index contributed by atoms with van der Waals surface area (Å²) in [5.74, 6) is 0.267.